The number of benzene rings is 1. The number of carbonyl (C=O) groups excluding carboxylic acids is 1. The highest BCUT2D eigenvalue weighted by Crippen LogP contribution is 2.19. The Balaban J connectivity index is 2.27. The van der Waals surface area contributed by atoms with Crippen molar-refractivity contribution in [3.8, 4) is 0 Å². The van der Waals surface area contributed by atoms with Gasteiger partial charge in [-0.1, -0.05) is 37.9 Å². The van der Waals surface area contributed by atoms with Gasteiger partial charge in [0.25, 0.3) is 0 Å². The average molecular weight is 491 g/mol. The van der Waals surface area contributed by atoms with Crippen LogP contribution in [-0.4, -0.2) is 29.2 Å². The number of methoxy groups -OCH3 is 1. The number of amidine groups is 1. The monoisotopic (exact) mass is 489 g/mol. The van der Waals surface area contributed by atoms with Gasteiger partial charge < -0.3 is 10.1 Å². The first-order valence-corrected chi connectivity index (χ1v) is 9.82. The van der Waals surface area contributed by atoms with E-state index in [1.807, 2.05) is 5.38 Å². The molecule has 1 aromatic heterocycles. The summed E-state index contributed by atoms with van der Waals surface area (Å²) in [6, 6.07) is 4.44. The molecule has 0 saturated carbocycles. The normalized spacial score (nSPS) is 12.2. The smallest absolute Gasteiger partial charge is 0.332 e. The molecule has 0 aliphatic carbocycles. The molecule has 0 bridgehead atoms. The van der Waals surface area contributed by atoms with Gasteiger partial charge in [-0.25, -0.2) is 14.2 Å². The molecule has 0 radical (unpaired) electrons. The number of nitrogens with one attached hydrogen (secondary N) is 1. The SMILES string of the molecule is COC(=O)C=C(CBr)NC(=NCc1ccc(F)cc1Br)c1nccs1. The number of hydrogen-bond donors (Lipinski definition) is 1. The second-order valence-corrected chi connectivity index (χ2v) is 7.00. The Morgan fingerprint density at radius 1 is 1.52 bits per heavy atom. The van der Waals surface area contributed by atoms with Crippen LogP contribution in [0.1, 0.15) is 10.6 Å². The fourth-order valence-corrected chi connectivity index (χ4v) is 3.15. The van der Waals surface area contributed by atoms with E-state index in [9.17, 15) is 9.18 Å². The number of allylic oxidation sites excluding steroid dienone is 1. The van der Waals surface area contributed by atoms with Crippen LogP contribution in [-0.2, 0) is 16.1 Å². The lowest BCUT2D eigenvalue weighted by atomic mass is 10.2. The van der Waals surface area contributed by atoms with Crippen molar-refractivity contribution in [2.75, 3.05) is 12.4 Å². The topological polar surface area (TPSA) is 63.6 Å². The second kappa shape index (κ2) is 9.79. The quantitative estimate of drug-likeness (QED) is 0.218. The van der Waals surface area contributed by atoms with E-state index in [-0.39, 0.29) is 5.82 Å². The minimum absolute atomic E-state index is 0.316. The summed E-state index contributed by atoms with van der Waals surface area (Å²) in [6.45, 7) is 0.316. The summed E-state index contributed by atoms with van der Waals surface area (Å²) in [6.07, 6.45) is 3.01. The third-order valence-corrected chi connectivity index (χ3v) is 5.10. The molecule has 0 aliphatic heterocycles. The highest BCUT2D eigenvalue weighted by molar-refractivity contribution is 9.10. The Morgan fingerprint density at radius 2 is 2.32 bits per heavy atom. The first-order valence-electron chi connectivity index (χ1n) is 7.03. The van der Waals surface area contributed by atoms with Crippen molar-refractivity contribution in [3.05, 3.63) is 62.4 Å². The van der Waals surface area contributed by atoms with E-state index in [1.54, 1.807) is 12.3 Å². The van der Waals surface area contributed by atoms with Crippen molar-refractivity contribution >= 4 is 55.0 Å². The molecular weight excluding hydrogens is 477 g/mol. The second-order valence-electron chi connectivity index (χ2n) is 4.69. The Bertz CT molecular complexity index is 795. The Kier molecular flexibility index (Phi) is 7.73. The molecule has 25 heavy (non-hydrogen) atoms. The van der Waals surface area contributed by atoms with Crippen molar-refractivity contribution in [1.82, 2.24) is 10.3 Å². The number of alkyl halides is 1. The molecule has 0 aliphatic rings. The molecule has 2 aromatic rings. The molecule has 0 saturated heterocycles. The van der Waals surface area contributed by atoms with Gasteiger partial charge in [0, 0.05) is 33.2 Å². The first kappa shape index (κ1) is 19.7. The number of thiazole rings is 1. The lowest BCUT2D eigenvalue weighted by Gasteiger charge is -2.10. The zero-order valence-corrected chi connectivity index (χ0v) is 17.1. The maximum Gasteiger partial charge on any atom is 0.332 e. The Morgan fingerprint density at radius 3 is 2.92 bits per heavy atom. The van der Waals surface area contributed by atoms with Gasteiger partial charge in [-0.05, 0) is 17.7 Å². The minimum atomic E-state index is -0.471. The Hall–Kier alpha value is -1.58. The molecule has 5 nitrogen and oxygen atoms in total. The summed E-state index contributed by atoms with van der Waals surface area (Å²) in [5.74, 6) is -0.275. The molecule has 1 aromatic carbocycles. The lowest BCUT2D eigenvalue weighted by Crippen LogP contribution is -2.25. The molecule has 0 amide bonds. The highest BCUT2D eigenvalue weighted by atomic mass is 79.9. The van der Waals surface area contributed by atoms with Gasteiger partial charge in [-0.15, -0.1) is 11.3 Å². The van der Waals surface area contributed by atoms with Crippen LogP contribution in [0, 0.1) is 5.82 Å². The van der Waals surface area contributed by atoms with Gasteiger partial charge in [0.1, 0.15) is 5.82 Å². The van der Waals surface area contributed by atoms with E-state index in [0.717, 1.165) is 5.56 Å². The van der Waals surface area contributed by atoms with Crippen molar-refractivity contribution < 1.29 is 13.9 Å². The van der Waals surface area contributed by atoms with Gasteiger partial charge in [0.05, 0.1) is 13.7 Å². The molecule has 132 valence electrons. The molecule has 0 spiro atoms. The average Bonchev–Trinajstić information content (AvgIpc) is 3.13. The summed E-state index contributed by atoms with van der Waals surface area (Å²) >= 11 is 8.07. The van der Waals surface area contributed by atoms with Crippen LogP contribution in [0.3, 0.4) is 0 Å². The number of esters is 1. The minimum Gasteiger partial charge on any atom is -0.466 e. The van der Waals surface area contributed by atoms with Gasteiger partial charge >= 0.3 is 5.97 Å². The molecular formula is C16H14Br2FN3O2S. The molecule has 0 atom stereocenters. The van der Waals surface area contributed by atoms with Crippen LogP contribution >= 0.6 is 43.2 Å². The molecule has 9 heteroatoms. The van der Waals surface area contributed by atoms with Crippen molar-refractivity contribution in [1.29, 1.82) is 0 Å². The Labute approximate surface area is 165 Å². The molecule has 0 unspecified atom stereocenters. The predicted molar refractivity (Wildman–Crippen MR) is 103 cm³/mol. The van der Waals surface area contributed by atoms with Crippen LogP contribution in [0.5, 0.6) is 0 Å². The van der Waals surface area contributed by atoms with Gasteiger partial charge in [-0.3, -0.25) is 4.99 Å². The maximum absolute atomic E-state index is 13.2. The first-order chi connectivity index (χ1) is 12.0. The van der Waals surface area contributed by atoms with E-state index in [4.69, 9.17) is 0 Å². The van der Waals surface area contributed by atoms with Gasteiger partial charge in [0.2, 0.25) is 0 Å². The van der Waals surface area contributed by atoms with E-state index in [1.165, 1.54) is 36.7 Å². The van der Waals surface area contributed by atoms with E-state index in [2.05, 4.69) is 51.9 Å². The number of nitrogens with zero attached hydrogens (tertiary/aromatic N) is 2. The van der Waals surface area contributed by atoms with Crippen molar-refractivity contribution in [3.63, 3.8) is 0 Å². The van der Waals surface area contributed by atoms with Gasteiger partial charge in [0.15, 0.2) is 10.8 Å². The van der Waals surface area contributed by atoms with E-state index >= 15 is 0 Å². The molecule has 1 N–H and O–H groups in total. The lowest BCUT2D eigenvalue weighted by molar-refractivity contribution is -0.134. The number of ether oxygens (including phenoxy) is 1. The highest BCUT2D eigenvalue weighted by Gasteiger charge is 2.10. The molecule has 2 rings (SSSR count). The summed E-state index contributed by atoms with van der Waals surface area (Å²) in [7, 11) is 1.31. The zero-order valence-electron chi connectivity index (χ0n) is 13.1. The number of hydrogen-bond acceptors (Lipinski definition) is 5. The zero-order chi connectivity index (χ0) is 18.2. The van der Waals surface area contributed by atoms with Crippen LogP contribution in [0.4, 0.5) is 4.39 Å². The van der Waals surface area contributed by atoms with Crippen LogP contribution in [0.15, 0.2) is 51.0 Å². The number of carbonyl (C=O) groups is 1. The number of rotatable bonds is 6. The third kappa shape index (κ3) is 6.02. The number of aromatic nitrogens is 1. The van der Waals surface area contributed by atoms with Crippen LogP contribution in [0.25, 0.3) is 0 Å². The number of aliphatic imine (C=N–C) groups is 1. The summed E-state index contributed by atoms with van der Waals surface area (Å²) in [5, 5.41) is 6.01. The van der Waals surface area contributed by atoms with Crippen LogP contribution < -0.4 is 5.32 Å². The van der Waals surface area contributed by atoms with E-state index < -0.39 is 5.97 Å². The molecule has 1 heterocycles. The largest absolute Gasteiger partial charge is 0.466 e. The summed E-state index contributed by atoms with van der Waals surface area (Å²) in [5.41, 5.74) is 1.41. The summed E-state index contributed by atoms with van der Waals surface area (Å²) in [4.78, 5) is 20.2. The third-order valence-electron chi connectivity index (χ3n) is 2.97. The fraction of sp³-hybridized carbons (Fsp3) is 0.188. The predicted octanol–water partition coefficient (Wildman–Crippen LogP) is 4.03. The van der Waals surface area contributed by atoms with Crippen molar-refractivity contribution in [2.24, 2.45) is 4.99 Å². The van der Waals surface area contributed by atoms with Crippen molar-refractivity contribution in [2.45, 2.75) is 6.54 Å². The van der Waals surface area contributed by atoms with E-state index in [0.29, 0.717) is 32.9 Å². The summed E-state index contributed by atoms with van der Waals surface area (Å²) < 4.78 is 18.5. The maximum atomic E-state index is 13.2. The standard InChI is InChI=1S/C16H14Br2FN3O2S/c1-24-14(23)7-12(8-17)22-15(16-20-4-5-25-16)21-9-10-2-3-11(19)6-13(10)18/h2-7H,8-9H2,1H3,(H,21,22). The fourth-order valence-electron chi connectivity index (χ4n) is 1.78. The molecule has 0 fully saturated rings. The van der Waals surface area contributed by atoms with Crippen LogP contribution in [0.2, 0.25) is 0 Å². The number of halogens is 3. The van der Waals surface area contributed by atoms with Gasteiger partial charge in [-0.2, -0.15) is 0 Å².